The van der Waals surface area contributed by atoms with Gasteiger partial charge in [-0.15, -0.1) is 0 Å². The van der Waals surface area contributed by atoms with E-state index in [9.17, 15) is 4.79 Å². The van der Waals surface area contributed by atoms with E-state index < -0.39 is 5.97 Å². The first kappa shape index (κ1) is 11.4. The van der Waals surface area contributed by atoms with Gasteiger partial charge in [0.15, 0.2) is 0 Å². The number of ether oxygens (including phenoxy) is 1. The Labute approximate surface area is 109 Å². The number of aromatic amines is 1. The summed E-state index contributed by atoms with van der Waals surface area (Å²) < 4.78 is 5.22. The molecule has 0 saturated carbocycles. The lowest BCUT2D eigenvalue weighted by Gasteiger charge is -2.04. The molecule has 3 aromatic rings. The van der Waals surface area contributed by atoms with E-state index in [-0.39, 0.29) is 0 Å². The van der Waals surface area contributed by atoms with Gasteiger partial charge in [0, 0.05) is 17.1 Å². The van der Waals surface area contributed by atoms with Crippen LogP contribution in [0.25, 0.3) is 10.9 Å². The van der Waals surface area contributed by atoms with Gasteiger partial charge in [0.25, 0.3) is 0 Å². The fourth-order valence-corrected chi connectivity index (χ4v) is 1.79. The van der Waals surface area contributed by atoms with Crippen LogP contribution in [0.15, 0.2) is 42.6 Å². The minimum Gasteiger partial charge on any atom is -0.404 e. The van der Waals surface area contributed by atoms with Gasteiger partial charge >= 0.3 is 5.97 Å². The van der Waals surface area contributed by atoms with Crippen LogP contribution >= 0.6 is 0 Å². The Morgan fingerprint density at radius 2 is 2.16 bits per heavy atom. The Morgan fingerprint density at radius 1 is 1.26 bits per heavy atom. The fourth-order valence-electron chi connectivity index (χ4n) is 1.79. The van der Waals surface area contributed by atoms with Gasteiger partial charge in [0.1, 0.15) is 0 Å². The number of H-pyrrole nitrogens is 1. The quantitative estimate of drug-likeness (QED) is 0.712. The van der Waals surface area contributed by atoms with E-state index in [0.717, 1.165) is 16.6 Å². The van der Waals surface area contributed by atoms with E-state index >= 15 is 0 Å². The molecule has 94 valence electrons. The number of fused-ring (bicyclic) bond motifs is 1. The second kappa shape index (κ2) is 4.53. The monoisotopic (exact) mass is 253 g/mol. The minimum absolute atomic E-state index is 0.301. The van der Waals surface area contributed by atoms with Crippen LogP contribution in [-0.2, 0) is 0 Å². The molecule has 0 aliphatic heterocycles. The number of hydrogen-bond donors (Lipinski definition) is 1. The third kappa shape index (κ3) is 2.30. The number of nitrogens with zero attached hydrogens (tertiary/aromatic N) is 2. The molecule has 5 nitrogen and oxygen atoms in total. The first-order valence-corrected chi connectivity index (χ1v) is 5.81. The number of carbonyl (C=O) groups excluding carboxylic acids is 1. The number of pyridine rings is 1. The molecule has 0 amide bonds. The van der Waals surface area contributed by atoms with E-state index in [4.69, 9.17) is 4.74 Å². The standard InChI is InChI=1S/C14H11N3O2/c1-9-3-2-4-13(16-9)19-14(18)10-5-6-11-8-15-17-12(11)7-10/h2-8H,1H3,(H,15,17). The second-order valence-corrected chi connectivity index (χ2v) is 4.18. The zero-order valence-electron chi connectivity index (χ0n) is 10.3. The van der Waals surface area contributed by atoms with Crippen molar-refractivity contribution in [2.75, 3.05) is 0 Å². The summed E-state index contributed by atoms with van der Waals surface area (Å²) in [5.41, 5.74) is 2.06. The molecule has 0 unspecified atom stereocenters. The van der Waals surface area contributed by atoms with Gasteiger partial charge in [-0.1, -0.05) is 12.1 Å². The maximum absolute atomic E-state index is 12.0. The molecule has 1 N–H and O–H groups in total. The molecule has 0 saturated heterocycles. The van der Waals surface area contributed by atoms with Crippen molar-refractivity contribution < 1.29 is 9.53 Å². The fraction of sp³-hybridized carbons (Fsp3) is 0.0714. The molecule has 1 aromatic carbocycles. The summed E-state index contributed by atoms with van der Waals surface area (Å²) in [5, 5.41) is 7.67. The number of aryl methyl sites for hydroxylation is 1. The highest BCUT2D eigenvalue weighted by Crippen LogP contribution is 2.15. The van der Waals surface area contributed by atoms with Crippen LogP contribution in [0.3, 0.4) is 0 Å². The molecule has 0 atom stereocenters. The predicted octanol–water partition coefficient (Wildman–Crippen LogP) is 2.49. The molecule has 0 bridgehead atoms. The summed E-state index contributed by atoms with van der Waals surface area (Å²) in [6, 6.07) is 10.5. The molecular formula is C14H11N3O2. The number of carbonyl (C=O) groups is 1. The van der Waals surface area contributed by atoms with Crippen LogP contribution in [0, 0.1) is 6.92 Å². The van der Waals surface area contributed by atoms with Gasteiger partial charge in [0.2, 0.25) is 5.88 Å². The molecule has 0 radical (unpaired) electrons. The van der Waals surface area contributed by atoms with Crippen LogP contribution in [0.5, 0.6) is 5.88 Å². The van der Waals surface area contributed by atoms with Crippen LogP contribution in [-0.4, -0.2) is 21.2 Å². The van der Waals surface area contributed by atoms with Crippen molar-refractivity contribution in [3.8, 4) is 5.88 Å². The molecule has 2 heterocycles. The maximum atomic E-state index is 12.0. The highest BCUT2D eigenvalue weighted by Gasteiger charge is 2.10. The highest BCUT2D eigenvalue weighted by molar-refractivity contribution is 5.95. The zero-order valence-corrected chi connectivity index (χ0v) is 10.3. The third-order valence-corrected chi connectivity index (χ3v) is 2.74. The number of rotatable bonds is 2. The van der Waals surface area contributed by atoms with Crippen molar-refractivity contribution >= 4 is 16.9 Å². The highest BCUT2D eigenvalue weighted by atomic mass is 16.5. The van der Waals surface area contributed by atoms with E-state index in [0.29, 0.717) is 11.4 Å². The molecule has 5 heteroatoms. The number of benzene rings is 1. The van der Waals surface area contributed by atoms with Gasteiger partial charge < -0.3 is 4.74 Å². The van der Waals surface area contributed by atoms with E-state index in [1.165, 1.54) is 0 Å². The van der Waals surface area contributed by atoms with E-state index in [2.05, 4.69) is 15.2 Å². The van der Waals surface area contributed by atoms with Gasteiger partial charge in [-0.25, -0.2) is 9.78 Å². The Kier molecular flexibility index (Phi) is 2.72. The Bertz CT molecular complexity index is 749. The number of hydrogen-bond acceptors (Lipinski definition) is 4. The van der Waals surface area contributed by atoms with Crippen LogP contribution < -0.4 is 4.74 Å². The normalized spacial score (nSPS) is 10.6. The van der Waals surface area contributed by atoms with Crippen LogP contribution in [0.2, 0.25) is 0 Å². The summed E-state index contributed by atoms with van der Waals surface area (Å²) >= 11 is 0. The average Bonchev–Trinajstić information content (AvgIpc) is 2.85. The molecule has 0 fully saturated rings. The molecule has 19 heavy (non-hydrogen) atoms. The molecular weight excluding hydrogens is 242 g/mol. The second-order valence-electron chi connectivity index (χ2n) is 4.18. The van der Waals surface area contributed by atoms with E-state index in [1.807, 2.05) is 19.1 Å². The lowest BCUT2D eigenvalue weighted by atomic mass is 10.2. The van der Waals surface area contributed by atoms with Crippen molar-refractivity contribution in [1.29, 1.82) is 0 Å². The lowest BCUT2D eigenvalue weighted by molar-refractivity contribution is 0.0727. The van der Waals surface area contributed by atoms with Gasteiger partial charge in [0.05, 0.1) is 17.3 Å². The van der Waals surface area contributed by atoms with Crippen molar-refractivity contribution in [3.63, 3.8) is 0 Å². The molecule has 3 rings (SSSR count). The molecule has 0 spiro atoms. The lowest BCUT2D eigenvalue weighted by Crippen LogP contribution is -2.09. The SMILES string of the molecule is Cc1cccc(OC(=O)c2ccc3cn[nH]c3c2)n1. The molecule has 0 aliphatic carbocycles. The third-order valence-electron chi connectivity index (χ3n) is 2.74. The number of nitrogens with one attached hydrogen (secondary N) is 1. The topological polar surface area (TPSA) is 67.9 Å². The Balaban J connectivity index is 1.87. The Morgan fingerprint density at radius 3 is 3.00 bits per heavy atom. The van der Waals surface area contributed by atoms with Gasteiger partial charge in [-0.3, -0.25) is 5.10 Å². The largest absolute Gasteiger partial charge is 0.404 e. The minimum atomic E-state index is -0.436. The van der Waals surface area contributed by atoms with Crippen LogP contribution in [0.4, 0.5) is 0 Å². The van der Waals surface area contributed by atoms with Crippen molar-refractivity contribution in [3.05, 3.63) is 53.9 Å². The van der Waals surface area contributed by atoms with E-state index in [1.54, 1.807) is 30.5 Å². The summed E-state index contributed by atoms with van der Waals surface area (Å²) in [6.45, 7) is 1.84. The summed E-state index contributed by atoms with van der Waals surface area (Å²) in [5.74, 6) is -0.135. The summed E-state index contributed by atoms with van der Waals surface area (Å²) in [6.07, 6.45) is 1.70. The smallest absolute Gasteiger partial charge is 0.344 e. The predicted molar refractivity (Wildman–Crippen MR) is 70.0 cm³/mol. The first-order valence-electron chi connectivity index (χ1n) is 5.81. The Hall–Kier alpha value is -2.69. The van der Waals surface area contributed by atoms with Gasteiger partial charge in [-0.05, 0) is 25.1 Å². The van der Waals surface area contributed by atoms with Crippen molar-refractivity contribution in [1.82, 2.24) is 15.2 Å². The summed E-state index contributed by atoms with van der Waals surface area (Å²) in [7, 11) is 0. The average molecular weight is 253 g/mol. The summed E-state index contributed by atoms with van der Waals surface area (Å²) in [4.78, 5) is 16.1. The van der Waals surface area contributed by atoms with Crippen molar-refractivity contribution in [2.24, 2.45) is 0 Å². The number of aromatic nitrogens is 3. The van der Waals surface area contributed by atoms with Gasteiger partial charge in [-0.2, -0.15) is 5.10 Å². The molecule has 2 aromatic heterocycles. The number of esters is 1. The maximum Gasteiger partial charge on any atom is 0.344 e. The first-order chi connectivity index (χ1) is 9.22. The molecule has 0 aliphatic rings. The van der Waals surface area contributed by atoms with Crippen LogP contribution in [0.1, 0.15) is 16.1 Å². The van der Waals surface area contributed by atoms with Crippen molar-refractivity contribution in [2.45, 2.75) is 6.92 Å². The zero-order chi connectivity index (χ0) is 13.2.